The molecule has 18 heavy (non-hydrogen) atoms. The predicted octanol–water partition coefficient (Wildman–Crippen LogP) is 3.26. The highest BCUT2D eigenvalue weighted by molar-refractivity contribution is 5.84. The van der Waals surface area contributed by atoms with Crippen LogP contribution in [0.1, 0.15) is 29.3 Å². The number of halogens is 1. The molecule has 1 N–H and O–H groups in total. The van der Waals surface area contributed by atoms with E-state index in [4.69, 9.17) is 14.3 Å². The maximum absolute atomic E-state index is 13.3. The lowest BCUT2D eigenvalue weighted by molar-refractivity contribution is 0.0655. The van der Waals surface area contributed by atoms with Crippen LogP contribution in [0.5, 0.6) is 5.75 Å². The molecule has 0 aliphatic carbocycles. The molecule has 2 rings (SSSR count). The third-order valence-corrected chi connectivity index (χ3v) is 2.38. The monoisotopic (exact) mass is 250 g/mol. The molecule has 0 aliphatic rings. The first-order valence-corrected chi connectivity index (χ1v) is 5.32. The minimum absolute atomic E-state index is 0.0956. The van der Waals surface area contributed by atoms with E-state index in [0.29, 0.717) is 5.76 Å². The third kappa shape index (κ3) is 2.51. The second kappa shape index (κ2) is 4.91. The Balaban J connectivity index is 2.14. The average molecular weight is 250 g/mol. The smallest absolute Gasteiger partial charge is 0.371 e. The van der Waals surface area contributed by atoms with Gasteiger partial charge in [0, 0.05) is 0 Å². The van der Waals surface area contributed by atoms with Crippen LogP contribution in [0.3, 0.4) is 0 Å². The van der Waals surface area contributed by atoms with Gasteiger partial charge in [-0.3, -0.25) is 0 Å². The Kier molecular flexibility index (Phi) is 3.32. The third-order valence-electron chi connectivity index (χ3n) is 2.38. The largest absolute Gasteiger partial charge is 0.480 e. The Morgan fingerprint density at radius 3 is 2.67 bits per heavy atom. The van der Waals surface area contributed by atoms with E-state index in [1.165, 1.54) is 24.3 Å². The van der Waals surface area contributed by atoms with Crippen LogP contribution in [-0.4, -0.2) is 11.1 Å². The number of carboxylic acid groups (broad SMARTS) is 1. The fraction of sp³-hybridized carbons (Fsp3) is 0.154. The van der Waals surface area contributed by atoms with Crippen molar-refractivity contribution in [2.75, 3.05) is 0 Å². The topological polar surface area (TPSA) is 59.7 Å². The highest BCUT2D eigenvalue weighted by atomic mass is 19.1. The van der Waals surface area contributed by atoms with Gasteiger partial charge in [0.25, 0.3) is 0 Å². The van der Waals surface area contributed by atoms with Gasteiger partial charge in [0.05, 0.1) is 0 Å². The van der Waals surface area contributed by atoms with Crippen LogP contribution in [-0.2, 0) is 0 Å². The van der Waals surface area contributed by atoms with Gasteiger partial charge in [-0.15, -0.1) is 0 Å². The average Bonchev–Trinajstić information content (AvgIpc) is 2.81. The van der Waals surface area contributed by atoms with Crippen LogP contribution in [0.25, 0.3) is 0 Å². The molecule has 1 aromatic heterocycles. The molecule has 0 amide bonds. The zero-order chi connectivity index (χ0) is 13.1. The number of carboxylic acids is 1. The van der Waals surface area contributed by atoms with Crippen molar-refractivity contribution in [2.24, 2.45) is 0 Å². The van der Waals surface area contributed by atoms with Crippen molar-refractivity contribution in [3.63, 3.8) is 0 Å². The summed E-state index contributed by atoms with van der Waals surface area (Å²) in [6.45, 7) is 1.65. The van der Waals surface area contributed by atoms with E-state index >= 15 is 0 Å². The first-order valence-electron chi connectivity index (χ1n) is 5.32. The zero-order valence-corrected chi connectivity index (χ0v) is 9.59. The molecule has 0 aliphatic heterocycles. The van der Waals surface area contributed by atoms with Crippen LogP contribution in [0.2, 0.25) is 0 Å². The van der Waals surface area contributed by atoms with E-state index in [1.54, 1.807) is 19.1 Å². The normalized spacial score (nSPS) is 12.1. The predicted molar refractivity (Wildman–Crippen MR) is 61.1 cm³/mol. The number of hydrogen-bond acceptors (Lipinski definition) is 3. The Morgan fingerprint density at radius 1 is 1.33 bits per heavy atom. The molecule has 0 unspecified atom stereocenters. The summed E-state index contributed by atoms with van der Waals surface area (Å²) in [6, 6.07) is 8.81. The standard InChI is InChI=1S/C13H11FO4/c1-8(10-6-7-12(18-10)13(15)16)17-11-5-3-2-4-9(11)14/h2-8H,1H3,(H,15,16)/t8-/m0/s1. The van der Waals surface area contributed by atoms with Gasteiger partial charge >= 0.3 is 5.97 Å². The van der Waals surface area contributed by atoms with Crippen LogP contribution in [0, 0.1) is 5.82 Å². The molecule has 0 saturated heterocycles. The van der Waals surface area contributed by atoms with Crippen molar-refractivity contribution in [1.82, 2.24) is 0 Å². The lowest BCUT2D eigenvalue weighted by atomic mass is 10.3. The zero-order valence-electron chi connectivity index (χ0n) is 9.59. The second-order valence-electron chi connectivity index (χ2n) is 3.70. The quantitative estimate of drug-likeness (QED) is 0.904. The van der Waals surface area contributed by atoms with Gasteiger partial charge in [-0.2, -0.15) is 0 Å². The highest BCUT2D eigenvalue weighted by Crippen LogP contribution is 2.25. The summed E-state index contributed by atoms with van der Waals surface area (Å²) in [6.07, 6.45) is -0.574. The van der Waals surface area contributed by atoms with Gasteiger partial charge in [-0.05, 0) is 31.2 Å². The number of ether oxygens (including phenoxy) is 1. The van der Waals surface area contributed by atoms with Crippen molar-refractivity contribution in [2.45, 2.75) is 13.0 Å². The van der Waals surface area contributed by atoms with E-state index in [0.717, 1.165) is 0 Å². The summed E-state index contributed by atoms with van der Waals surface area (Å²) < 4.78 is 23.8. The summed E-state index contributed by atoms with van der Waals surface area (Å²) in [5, 5.41) is 8.72. The fourth-order valence-corrected chi connectivity index (χ4v) is 1.48. The molecule has 1 aromatic carbocycles. The number of hydrogen-bond donors (Lipinski definition) is 1. The van der Waals surface area contributed by atoms with Crippen molar-refractivity contribution < 1.29 is 23.4 Å². The van der Waals surface area contributed by atoms with Crippen LogP contribution >= 0.6 is 0 Å². The maximum atomic E-state index is 13.3. The van der Waals surface area contributed by atoms with E-state index in [-0.39, 0.29) is 11.5 Å². The Labute approximate surface area is 103 Å². The molecule has 0 spiro atoms. The van der Waals surface area contributed by atoms with Crippen molar-refractivity contribution in [3.8, 4) is 5.75 Å². The lowest BCUT2D eigenvalue weighted by Crippen LogP contribution is -2.03. The van der Waals surface area contributed by atoms with Gasteiger partial charge in [0.15, 0.2) is 17.7 Å². The molecule has 2 aromatic rings. The molecular formula is C13H11FO4. The number of furan rings is 1. The molecule has 1 heterocycles. The second-order valence-corrected chi connectivity index (χ2v) is 3.70. The van der Waals surface area contributed by atoms with Crippen LogP contribution < -0.4 is 4.74 Å². The van der Waals surface area contributed by atoms with Crippen molar-refractivity contribution in [1.29, 1.82) is 0 Å². The minimum atomic E-state index is -1.15. The van der Waals surface area contributed by atoms with E-state index in [9.17, 15) is 9.18 Å². The molecule has 94 valence electrons. The van der Waals surface area contributed by atoms with Gasteiger partial charge in [-0.25, -0.2) is 9.18 Å². The van der Waals surface area contributed by atoms with Crippen LogP contribution in [0.15, 0.2) is 40.8 Å². The SMILES string of the molecule is C[C@H](Oc1ccccc1F)c1ccc(C(=O)O)o1. The molecule has 0 radical (unpaired) electrons. The molecule has 1 atom stereocenters. The van der Waals surface area contributed by atoms with Gasteiger partial charge in [0.2, 0.25) is 5.76 Å². The summed E-state index contributed by atoms with van der Waals surface area (Å²) in [5.74, 6) is -1.38. The maximum Gasteiger partial charge on any atom is 0.371 e. The number of para-hydroxylation sites is 1. The summed E-state index contributed by atoms with van der Waals surface area (Å²) in [4.78, 5) is 10.7. The number of rotatable bonds is 4. The van der Waals surface area contributed by atoms with Crippen molar-refractivity contribution >= 4 is 5.97 Å². The first kappa shape index (κ1) is 12.2. The van der Waals surface area contributed by atoms with Gasteiger partial charge in [-0.1, -0.05) is 12.1 Å². The minimum Gasteiger partial charge on any atom is -0.480 e. The number of aromatic carboxylic acids is 1. The molecule has 0 saturated carbocycles. The molecule has 0 bridgehead atoms. The molecule has 0 fully saturated rings. The number of benzene rings is 1. The Bertz CT molecular complexity index is 562. The van der Waals surface area contributed by atoms with Crippen LogP contribution in [0.4, 0.5) is 4.39 Å². The van der Waals surface area contributed by atoms with E-state index < -0.39 is 17.9 Å². The highest BCUT2D eigenvalue weighted by Gasteiger charge is 2.16. The summed E-state index contributed by atoms with van der Waals surface area (Å²) in [5.41, 5.74) is 0. The number of carbonyl (C=O) groups is 1. The molecule has 5 heteroatoms. The molecular weight excluding hydrogens is 239 g/mol. The van der Waals surface area contributed by atoms with Gasteiger partial charge < -0.3 is 14.3 Å². The van der Waals surface area contributed by atoms with Crippen molar-refractivity contribution in [3.05, 3.63) is 53.7 Å². The fourth-order valence-electron chi connectivity index (χ4n) is 1.48. The first-order chi connectivity index (χ1) is 8.58. The van der Waals surface area contributed by atoms with E-state index in [2.05, 4.69) is 0 Å². The summed E-state index contributed by atoms with van der Waals surface area (Å²) in [7, 11) is 0. The lowest BCUT2D eigenvalue weighted by Gasteiger charge is -2.12. The summed E-state index contributed by atoms with van der Waals surface area (Å²) >= 11 is 0. The van der Waals surface area contributed by atoms with Gasteiger partial charge in [0.1, 0.15) is 5.76 Å². The van der Waals surface area contributed by atoms with E-state index in [1.807, 2.05) is 0 Å². The Hall–Kier alpha value is -2.30. The Morgan fingerprint density at radius 2 is 2.06 bits per heavy atom. The molecule has 4 nitrogen and oxygen atoms in total.